The number of amides is 1. The van der Waals surface area contributed by atoms with E-state index in [0.717, 1.165) is 12.3 Å². The molecule has 1 heterocycles. The maximum atomic E-state index is 12.0. The minimum atomic E-state index is -4.03. The summed E-state index contributed by atoms with van der Waals surface area (Å²) in [4.78, 5) is 17.3. The molecule has 23 heavy (non-hydrogen) atoms. The standard InChI is InChI=1S/C13H11Cl2N3O4S/c1-22-9-4-2-8(3-5-9)13(19)17-18-23(20,21)10-6-11(14)12(15)16-7-10/h2-7,18H,1H3,(H,17,19). The van der Waals surface area contributed by atoms with Gasteiger partial charge < -0.3 is 4.74 Å². The number of rotatable bonds is 5. The zero-order valence-electron chi connectivity index (χ0n) is 11.7. The Hall–Kier alpha value is -1.87. The summed E-state index contributed by atoms with van der Waals surface area (Å²) in [5.41, 5.74) is 2.34. The molecular formula is C13H11Cl2N3O4S. The minimum absolute atomic E-state index is 0.0176. The highest BCUT2D eigenvalue weighted by Crippen LogP contribution is 2.21. The molecule has 0 radical (unpaired) electrons. The summed E-state index contributed by atoms with van der Waals surface area (Å²) in [5.74, 6) is -0.0618. The zero-order valence-corrected chi connectivity index (χ0v) is 14.0. The quantitative estimate of drug-likeness (QED) is 0.615. The average Bonchev–Trinajstić information content (AvgIpc) is 2.55. The number of benzene rings is 1. The van der Waals surface area contributed by atoms with Gasteiger partial charge in [0.25, 0.3) is 15.9 Å². The van der Waals surface area contributed by atoms with Crippen molar-refractivity contribution in [3.05, 3.63) is 52.3 Å². The Labute approximate surface area is 142 Å². The SMILES string of the molecule is COc1ccc(C(=O)NNS(=O)(=O)c2cnc(Cl)c(Cl)c2)cc1. The third kappa shape index (κ3) is 4.32. The molecule has 1 aromatic carbocycles. The predicted molar refractivity (Wildman–Crippen MR) is 85.0 cm³/mol. The van der Waals surface area contributed by atoms with Crippen molar-refractivity contribution in [2.75, 3.05) is 7.11 Å². The van der Waals surface area contributed by atoms with Crippen molar-refractivity contribution >= 4 is 39.1 Å². The van der Waals surface area contributed by atoms with Crippen molar-refractivity contribution in [2.45, 2.75) is 4.90 Å². The topological polar surface area (TPSA) is 97.4 Å². The van der Waals surface area contributed by atoms with Crippen molar-refractivity contribution in [3.63, 3.8) is 0 Å². The van der Waals surface area contributed by atoms with Crippen LogP contribution in [0.3, 0.4) is 0 Å². The van der Waals surface area contributed by atoms with E-state index >= 15 is 0 Å². The maximum Gasteiger partial charge on any atom is 0.266 e. The summed E-state index contributed by atoms with van der Waals surface area (Å²) in [6.07, 6.45) is 1.02. The molecule has 0 fully saturated rings. The van der Waals surface area contributed by atoms with E-state index in [1.807, 2.05) is 4.83 Å². The van der Waals surface area contributed by atoms with Gasteiger partial charge in [-0.3, -0.25) is 10.2 Å². The molecule has 0 saturated carbocycles. The second-order valence-corrected chi connectivity index (χ2v) is 6.68. The second kappa shape index (κ2) is 7.14. The molecule has 0 aliphatic heterocycles. The van der Waals surface area contributed by atoms with Gasteiger partial charge in [-0.25, -0.2) is 13.4 Å². The first-order chi connectivity index (χ1) is 10.8. The normalized spacial score (nSPS) is 11.1. The summed E-state index contributed by atoms with van der Waals surface area (Å²) in [6.45, 7) is 0. The Morgan fingerprint density at radius 1 is 1.22 bits per heavy atom. The molecule has 2 rings (SSSR count). The van der Waals surface area contributed by atoms with Gasteiger partial charge in [-0.05, 0) is 30.3 Å². The molecule has 0 unspecified atom stereocenters. The van der Waals surface area contributed by atoms with Crippen molar-refractivity contribution in [3.8, 4) is 5.75 Å². The Bertz CT molecular complexity index is 826. The first-order valence-corrected chi connectivity index (χ1v) is 8.34. The number of hydrogen-bond acceptors (Lipinski definition) is 5. The van der Waals surface area contributed by atoms with Crippen LogP contribution in [0.25, 0.3) is 0 Å². The van der Waals surface area contributed by atoms with E-state index in [9.17, 15) is 13.2 Å². The highest BCUT2D eigenvalue weighted by Gasteiger charge is 2.17. The lowest BCUT2D eigenvalue weighted by molar-refractivity contribution is 0.0945. The number of pyridine rings is 1. The molecule has 0 bridgehead atoms. The maximum absolute atomic E-state index is 12.0. The van der Waals surface area contributed by atoms with Gasteiger partial charge in [0.2, 0.25) is 0 Å². The number of methoxy groups -OCH3 is 1. The summed E-state index contributed by atoms with van der Waals surface area (Å²) in [5, 5.41) is -0.0380. The summed E-state index contributed by atoms with van der Waals surface area (Å²) < 4.78 is 29.1. The fourth-order valence-corrected chi connectivity index (χ4v) is 2.68. The third-order valence-electron chi connectivity index (χ3n) is 2.73. The van der Waals surface area contributed by atoms with Gasteiger partial charge in [0, 0.05) is 11.8 Å². The van der Waals surface area contributed by atoms with Gasteiger partial charge in [0.05, 0.1) is 12.1 Å². The molecule has 1 amide bonds. The van der Waals surface area contributed by atoms with E-state index in [1.165, 1.54) is 19.2 Å². The van der Waals surface area contributed by atoms with Gasteiger partial charge in [0.1, 0.15) is 15.8 Å². The molecule has 0 aliphatic carbocycles. The smallest absolute Gasteiger partial charge is 0.266 e. The second-order valence-electron chi connectivity index (χ2n) is 4.23. The Morgan fingerprint density at radius 2 is 1.87 bits per heavy atom. The van der Waals surface area contributed by atoms with Crippen molar-refractivity contribution in [1.82, 2.24) is 15.2 Å². The number of hydrogen-bond donors (Lipinski definition) is 2. The lowest BCUT2D eigenvalue weighted by Gasteiger charge is -2.09. The number of halogens is 2. The van der Waals surface area contributed by atoms with E-state index in [-0.39, 0.29) is 20.6 Å². The van der Waals surface area contributed by atoms with E-state index in [0.29, 0.717) is 5.75 Å². The predicted octanol–water partition coefficient (Wildman–Crippen LogP) is 2.02. The van der Waals surface area contributed by atoms with Crippen LogP contribution in [0.2, 0.25) is 10.2 Å². The lowest BCUT2D eigenvalue weighted by atomic mass is 10.2. The Balaban J connectivity index is 2.08. The number of aromatic nitrogens is 1. The van der Waals surface area contributed by atoms with E-state index in [1.54, 1.807) is 12.1 Å². The molecule has 0 spiro atoms. The van der Waals surface area contributed by atoms with Crippen LogP contribution in [0.4, 0.5) is 0 Å². The van der Waals surface area contributed by atoms with Crippen LogP contribution >= 0.6 is 23.2 Å². The number of sulfonamides is 1. The van der Waals surface area contributed by atoms with Crippen LogP contribution in [0, 0.1) is 0 Å². The van der Waals surface area contributed by atoms with Crippen LogP contribution in [-0.4, -0.2) is 26.4 Å². The van der Waals surface area contributed by atoms with Gasteiger partial charge >= 0.3 is 0 Å². The molecule has 122 valence electrons. The highest BCUT2D eigenvalue weighted by molar-refractivity contribution is 7.89. The minimum Gasteiger partial charge on any atom is -0.497 e. The molecule has 2 N–H and O–H groups in total. The molecule has 7 nitrogen and oxygen atoms in total. The fourth-order valence-electron chi connectivity index (χ4n) is 1.54. The average molecular weight is 376 g/mol. The monoisotopic (exact) mass is 375 g/mol. The number of carbonyl (C=O) groups is 1. The summed E-state index contributed by atoms with van der Waals surface area (Å²) in [6, 6.07) is 7.25. The summed E-state index contributed by atoms with van der Waals surface area (Å²) in [7, 11) is -2.53. The van der Waals surface area contributed by atoms with Crippen LogP contribution in [-0.2, 0) is 10.0 Å². The molecule has 10 heteroatoms. The number of hydrazine groups is 1. The molecule has 1 aromatic heterocycles. The van der Waals surface area contributed by atoms with Gasteiger partial charge in [-0.15, -0.1) is 4.83 Å². The van der Waals surface area contributed by atoms with Gasteiger partial charge in [0.15, 0.2) is 0 Å². The van der Waals surface area contributed by atoms with E-state index in [2.05, 4.69) is 10.4 Å². The van der Waals surface area contributed by atoms with Crippen LogP contribution < -0.4 is 15.0 Å². The molecule has 0 saturated heterocycles. The molecule has 0 aliphatic rings. The van der Waals surface area contributed by atoms with E-state index in [4.69, 9.17) is 27.9 Å². The van der Waals surface area contributed by atoms with E-state index < -0.39 is 15.9 Å². The molecule has 0 atom stereocenters. The fraction of sp³-hybridized carbons (Fsp3) is 0.0769. The first-order valence-electron chi connectivity index (χ1n) is 6.11. The number of ether oxygens (including phenoxy) is 1. The zero-order chi connectivity index (χ0) is 17.0. The highest BCUT2D eigenvalue weighted by atomic mass is 35.5. The largest absolute Gasteiger partial charge is 0.497 e. The number of nitrogens with zero attached hydrogens (tertiary/aromatic N) is 1. The van der Waals surface area contributed by atoms with Crippen molar-refractivity contribution in [1.29, 1.82) is 0 Å². The van der Waals surface area contributed by atoms with Gasteiger partial charge in [-0.2, -0.15) is 0 Å². The lowest BCUT2D eigenvalue weighted by Crippen LogP contribution is -2.41. The number of carbonyl (C=O) groups excluding carboxylic acids is 1. The Morgan fingerprint density at radius 3 is 2.43 bits per heavy atom. The van der Waals surface area contributed by atoms with Crippen LogP contribution in [0.15, 0.2) is 41.4 Å². The van der Waals surface area contributed by atoms with Crippen LogP contribution in [0.5, 0.6) is 5.75 Å². The Kier molecular flexibility index (Phi) is 5.42. The number of nitrogens with one attached hydrogen (secondary N) is 2. The first kappa shape index (κ1) is 17.5. The third-order valence-corrected chi connectivity index (χ3v) is 4.63. The molecular weight excluding hydrogens is 365 g/mol. The van der Waals surface area contributed by atoms with Crippen molar-refractivity contribution < 1.29 is 17.9 Å². The molecule has 2 aromatic rings. The van der Waals surface area contributed by atoms with Crippen molar-refractivity contribution in [2.24, 2.45) is 0 Å². The van der Waals surface area contributed by atoms with Gasteiger partial charge in [-0.1, -0.05) is 23.2 Å². The summed E-state index contributed by atoms with van der Waals surface area (Å²) >= 11 is 11.3. The van der Waals surface area contributed by atoms with Crippen LogP contribution in [0.1, 0.15) is 10.4 Å².